The van der Waals surface area contributed by atoms with Crippen LogP contribution in [0.3, 0.4) is 0 Å². The number of hydrogen-bond donors (Lipinski definition) is 0. The molecule has 4 atom stereocenters. The third kappa shape index (κ3) is 3.34. The number of ether oxygens (including phenoxy) is 2. The van der Waals surface area contributed by atoms with Gasteiger partial charge >= 0.3 is 11.9 Å². The average Bonchev–Trinajstić information content (AvgIpc) is 3.46. The molecule has 0 saturated carbocycles. The lowest BCUT2D eigenvalue weighted by molar-refractivity contribution is -0.158. The Morgan fingerprint density at radius 3 is 2.39 bits per heavy atom. The number of carbonyl (C=O) groups excluding carboxylic acids is 4. The Morgan fingerprint density at radius 1 is 1.12 bits per heavy atom. The molecule has 1 aromatic carbocycles. The Kier molecular flexibility index (Phi) is 6.22. The highest BCUT2D eigenvalue weighted by atomic mass is 32.2. The molecule has 33 heavy (non-hydrogen) atoms. The van der Waals surface area contributed by atoms with Crippen molar-refractivity contribution in [3.05, 3.63) is 35.4 Å². The molecule has 2 saturated heterocycles. The number of nitrogens with zero attached hydrogens (tertiary/aromatic N) is 3. The summed E-state index contributed by atoms with van der Waals surface area (Å²) in [5, 5.41) is 0.627. The van der Waals surface area contributed by atoms with Crippen LogP contribution < -0.4 is 0 Å². The molecule has 0 bridgehead atoms. The smallest absolute Gasteiger partial charge is 0.337 e. The van der Waals surface area contributed by atoms with Gasteiger partial charge in [0.1, 0.15) is 0 Å². The molecule has 10 heteroatoms. The quantitative estimate of drug-likeness (QED) is 0.454. The Labute approximate surface area is 196 Å². The van der Waals surface area contributed by atoms with Crippen molar-refractivity contribution in [2.24, 2.45) is 16.8 Å². The molecular weight excluding hydrogens is 446 g/mol. The maximum absolute atomic E-state index is 13.2. The molecule has 0 aliphatic carbocycles. The highest BCUT2D eigenvalue weighted by molar-refractivity contribution is 8.13. The second-order valence-corrected chi connectivity index (χ2v) is 9.17. The second kappa shape index (κ2) is 8.81. The molecule has 0 aromatic heterocycles. The zero-order chi connectivity index (χ0) is 23.9. The molecule has 3 aliphatic heterocycles. The number of fused-ring (bicyclic) bond motifs is 3. The first-order valence-corrected chi connectivity index (χ1v) is 11.9. The number of methoxy groups -OCH3 is 2. The topological polar surface area (TPSA) is 106 Å². The first kappa shape index (κ1) is 23.3. The van der Waals surface area contributed by atoms with Crippen LogP contribution in [0.4, 0.5) is 0 Å². The maximum Gasteiger partial charge on any atom is 0.337 e. The van der Waals surface area contributed by atoms with E-state index in [0.29, 0.717) is 29.4 Å². The van der Waals surface area contributed by atoms with Gasteiger partial charge in [-0.3, -0.25) is 19.5 Å². The van der Waals surface area contributed by atoms with E-state index in [1.54, 1.807) is 19.1 Å². The molecule has 9 nitrogen and oxygen atoms in total. The van der Waals surface area contributed by atoms with Crippen molar-refractivity contribution in [2.45, 2.75) is 37.6 Å². The monoisotopic (exact) mass is 473 g/mol. The Balaban J connectivity index is 1.62. The van der Waals surface area contributed by atoms with E-state index in [1.807, 2.05) is 24.0 Å². The molecule has 1 aromatic rings. The van der Waals surface area contributed by atoms with Crippen LogP contribution in [0, 0.1) is 11.8 Å². The number of amides is 2. The molecule has 176 valence electrons. The van der Waals surface area contributed by atoms with E-state index in [4.69, 9.17) is 9.47 Å². The number of rotatable bonds is 6. The number of amidine groups is 1. The summed E-state index contributed by atoms with van der Waals surface area (Å²) >= 11 is 1.44. The predicted octanol–water partition coefficient (Wildman–Crippen LogP) is 1.70. The summed E-state index contributed by atoms with van der Waals surface area (Å²) < 4.78 is 9.91. The number of aliphatic imine (C=N–C) groups is 1. The Morgan fingerprint density at radius 2 is 1.82 bits per heavy atom. The van der Waals surface area contributed by atoms with Gasteiger partial charge in [0.15, 0.2) is 10.7 Å². The van der Waals surface area contributed by atoms with Gasteiger partial charge in [0.05, 0.1) is 44.2 Å². The number of hydrogen-bond acceptors (Lipinski definition) is 9. The van der Waals surface area contributed by atoms with Crippen molar-refractivity contribution in [3.8, 4) is 0 Å². The van der Waals surface area contributed by atoms with Crippen LogP contribution in [0.2, 0.25) is 0 Å². The standard InChI is InChI=1S/C23H27N3O6S/c1-5-23(21(30)32-4)17-16(18(27)25(6-2)19(17)28)15-11-24-22(26(15)23)33-12-13-7-9-14(10-8-13)20(29)31-3/h7-10,15-17H,5-6,11-12H2,1-4H3/t15-,16+,17-,23-/m1/s1. The fourth-order valence-corrected chi connectivity index (χ4v) is 6.46. The fraction of sp³-hybridized carbons (Fsp3) is 0.522. The van der Waals surface area contributed by atoms with Crippen LogP contribution in [-0.2, 0) is 29.6 Å². The van der Waals surface area contributed by atoms with Gasteiger partial charge in [0.25, 0.3) is 0 Å². The summed E-state index contributed by atoms with van der Waals surface area (Å²) in [7, 11) is 2.65. The fourth-order valence-electron chi connectivity index (χ4n) is 5.37. The summed E-state index contributed by atoms with van der Waals surface area (Å²) in [4.78, 5) is 59.0. The van der Waals surface area contributed by atoms with Gasteiger partial charge in [-0.05, 0) is 31.0 Å². The van der Waals surface area contributed by atoms with Crippen molar-refractivity contribution < 1.29 is 28.7 Å². The molecule has 2 amide bonds. The summed E-state index contributed by atoms with van der Waals surface area (Å²) in [5.74, 6) is -2.31. The van der Waals surface area contributed by atoms with Gasteiger partial charge in [-0.25, -0.2) is 9.59 Å². The molecule has 0 unspecified atom stereocenters. The normalized spacial score (nSPS) is 28.0. The number of likely N-dealkylation sites (tertiary alicyclic amines) is 1. The minimum absolute atomic E-state index is 0.235. The number of thioether (sulfide) groups is 1. The molecule has 0 spiro atoms. The largest absolute Gasteiger partial charge is 0.467 e. The zero-order valence-electron chi connectivity index (χ0n) is 19.1. The lowest BCUT2D eigenvalue weighted by Crippen LogP contribution is -2.59. The van der Waals surface area contributed by atoms with Crippen LogP contribution in [-0.4, -0.2) is 77.6 Å². The average molecular weight is 474 g/mol. The predicted molar refractivity (Wildman–Crippen MR) is 121 cm³/mol. The summed E-state index contributed by atoms with van der Waals surface area (Å²) in [6.07, 6.45) is 0.321. The van der Waals surface area contributed by atoms with Crippen molar-refractivity contribution in [1.82, 2.24) is 9.80 Å². The van der Waals surface area contributed by atoms with E-state index < -0.39 is 29.3 Å². The number of benzene rings is 1. The highest BCUT2D eigenvalue weighted by Gasteiger charge is 2.73. The summed E-state index contributed by atoms with van der Waals surface area (Å²) in [6.45, 7) is 4.23. The lowest BCUT2D eigenvalue weighted by Gasteiger charge is -2.39. The van der Waals surface area contributed by atoms with Crippen LogP contribution in [0.25, 0.3) is 0 Å². The van der Waals surface area contributed by atoms with Gasteiger partial charge in [0.2, 0.25) is 11.8 Å². The van der Waals surface area contributed by atoms with Gasteiger partial charge in [-0.15, -0.1) is 0 Å². The van der Waals surface area contributed by atoms with Crippen molar-refractivity contribution in [3.63, 3.8) is 0 Å². The van der Waals surface area contributed by atoms with Gasteiger partial charge < -0.3 is 14.4 Å². The van der Waals surface area contributed by atoms with E-state index in [1.165, 1.54) is 30.9 Å². The first-order chi connectivity index (χ1) is 15.8. The van der Waals surface area contributed by atoms with Gasteiger partial charge in [-0.1, -0.05) is 30.8 Å². The van der Waals surface area contributed by atoms with E-state index in [-0.39, 0.29) is 24.4 Å². The molecule has 0 N–H and O–H groups in total. The minimum Gasteiger partial charge on any atom is -0.467 e. The minimum atomic E-state index is -1.27. The van der Waals surface area contributed by atoms with Crippen LogP contribution in [0.15, 0.2) is 29.3 Å². The molecule has 3 aliphatic rings. The molecular formula is C23H27N3O6S. The third-order valence-electron chi connectivity index (χ3n) is 6.89. The van der Waals surface area contributed by atoms with E-state index in [0.717, 1.165) is 5.56 Å². The van der Waals surface area contributed by atoms with Crippen LogP contribution in [0.5, 0.6) is 0 Å². The third-order valence-corrected chi connectivity index (χ3v) is 7.95. The zero-order valence-corrected chi connectivity index (χ0v) is 19.9. The summed E-state index contributed by atoms with van der Waals surface area (Å²) in [6, 6.07) is 6.71. The SMILES string of the molecule is CCN1C(=O)[C@H]2[C@H]3CN=C(SCc4ccc(C(=O)OC)cc4)N3[C@@](CC)(C(=O)OC)[C@H]2C1=O. The second-order valence-electron chi connectivity index (χ2n) is 8.23. The van der Waals surface area contributed by atoms with Gasteiger partial charge in [0, 0.05) is 12.3 Å². The molecule has 0 radical (unpaired) electrons. The number of esters is 2. The maximum atomic E-state index is 13.2. The molecule has 3 heterocycles. The van der Waals surface area contributed by atoms with Crippen molar-refractivity contribution in [2.75, 3.05) is 27.3 Å². The van der Waals surface area contributed by atoms with Crippen LogP contribution in [0.1, 0.15) is 36.2 Å². The molecule has 4 rings (SSSR count). The lowest BCUT2D eigenvalue weighted by atomic mass is 9.78. The highest BCUT2D eigenvalue weighted by Crippen LogP contribution is 2.53. The Bertz CT molecular complexity index is 1030. The Hall–Kier alpha value is -2.88. The van der Waals surface area contributed by atoms with Crippen molar-refractivity contribution in [1.29, 1.82) is 0 Å². The van der Waals surface area contributed by atoms with E-state index >= 15 is 0 Å². The first-order valence-electron chi connectivity index (χ1n) is 10.9. The van der Waals surface area contributed by atoms with E-state index in [2.05, 4.69) is 4.99 Å². The number of imide groups is 1. The number of carbonyl (C=O) groups is 4. The molecule has 2 fully saturated rings. The summed E-state index contributed by atoms with van der Waals surface area (Å²) in [5.41, 5.74) is 0.158. The van der Waals surface area contributed by atoms with Crippen molar-refractivity contribution >= 4 is 40.7 Å². The van der Waals surface area contributed by atoms with Crippen LogP contribution >= 0.6 is 11.8 Å². The van der Waals surface area contributed by atoms with Gasteiger partial charge in [-0.2, -0.15) is 0 Å². The van der Waals surface area contributed by atoms with E-state index in [9.17, 15) is 19.2 Å².